The van der Waals surface area contributed by atoms with Gasteiger partial charge in [-0.3, -0.25) is 29.3 Å². The molecule has 0 radical (unpaired) electrons. The molecule has 0 aliphatic carbocycles. The molecule has 11 nitrogen and oxygen atoms in total. The maximum Gasteiger partial charge on any atom is 0.306 e. The predicted octanol–water partition coefficient (Wildman–Crippen LogP) is 1.35. The number of hydrogen-bond acceptors (Lipinski definition) is 7. The Labute approximate surface area is 202 Å². The molecular formula is C24H28N4O7. The summed E-state index contributed by atoms with van der Waals surface area (Å²) in [5.41, 5.74) is 6.56. The Bertz CT molecular complexity index is 1060. The summed E-state index contributed by atoms with van der Waals surface area (Å²) in [5.74, 6) is -3.66. The lowest BCUT2D eigenvalue weighted by Crippen LogP contribution is -2.55. The highest BCUT2D eigenvalue weighted by atomic mass is 16.6. The molecule has 0 aliphatic heterocycles. The van der Waals surface area contributed by atoms with Crippen LogP contribution in [0, 0.1) is 10.1 Å². The first-order valence-corrected chi connectivity index (χ1v) is 10.9. The highest BCUT2D eigenvalue weighted by molar-refractivity contribution is 5.92. The third-order valence-corrected chi connectivity index (χ3v) is 5.21. The van der Waals surface area contributed by atoms with Gasteiger partial charge in [0.15, 0.2) is 0 Å². The molecule has 3 atom stereocenters. The Hall–Kier alpha value is -4.28. The first-order valence-electron chi connectivity index (χ1n) is 10.9. The molecule has 0 aromatic heterocycles. The number of rotatable bonds is 12. The minimum Gasteiger partial charge on any atom is -0.466 e. The van der Waals surface area contributed by atoms with Crippen LogP contribution >= 0.6 is 0 Å². The van der Waals surface area contributed by atoms with Crippen molar-refractivity contribution in [3.8, 4) is 0 Å². The van der Waals surface area contributed by atoms with Crippen LogP contribution in [0.1, 0.15) is 37.3 Å². The highest BCUT2D eigenvalue weighted by Gasteiger charge is 2.34. The lowest BCUT2D eigenvalue weighted by Gasteiger charge is -2.27. The number of nitrogens with one attached hydrogen (secondary N) is 2. The SMILES string of the molecule is CCOC(=O)C[C@@H](c1ccc([N+](=O)[O-])cc1)[C@@H](NC(=O)[C@@H](Cc1ccccc1)NC(C)=O)C(N)=O. The fraction of sp³-hybridized carbons (Fsp3) is 0.333. The van der Waals surface area contributed by atoms with Gasteiger partial charge in [-0.1, -0.05) is 42.5 Å². The van der Waals surface area contributed by atoms with Crippen LogP contribution in [0.3, 0.4) is 0 Å². The minimum absolute atomic E-state index is 0.0983. The molecule has 0 bridgehead atoms. The van der Waals surface area contributed by atoms with Gasteiger partial charge >= 0.3 is 5.97 Å². The van der Waals surface area contributed by atoms with E-state index in [1.807, 2.05) is 6.07 Å². The van der Waals surface area contributed by atoms with Gasteiger partial charge < -0.3 is 21.1 Å². The normalized spacial score (nSPS) is 13.1. The number of non-ortho nitro benzene ring substituents is 1. The number of carbonyl (C=O) groups excluding carboxylic acids is 4. The molecule has 0 fully saturated rings. The van der Waals surface area contributed by atoms with Crippen molar-refractivity contribution in [3.05, 3.63) is 75.8 Å². The van der Waals surface area contributed by atoms with Gasteiger partial charge in [0.25, 0.3) is 5.69 Å². The van der Waals surface area contributed by atoms with Crippen LogP contribution in [0.25, 0.3) is 0 Å². The van der Waals surface area contributed by atoms with Crippen molar-refractivity contribution < 1.29 is 28.8 Å². The van der Waals surface area contributed by atoms with Gasteiger partial charge in [0, 0.05) is 31.4 Å². The molecule has 2 aromatic carbocycles. The Morgan fingerprint density at radius 3 is 2.17 bits per heavy atom. The number of nitrogens with zero attached hydrogens (tertiary/aromatic N) is 1. The van der Waals surface area contributed by atoms with Crippen molar-refractivity contribution in [1.82, 2.24) is 10.6 Å². The van der Waals surface area contributed by atoms with Crippen molar-refractivity contribution in [1.29, 1.82) is 0 Å². The number of amides is 3. The molecule has 2 aromatic rings. The molecule has 186 valence electrons. The molecule has 0 saturated heterocycles. The monoisotopic (exact) mass is 484 g/mol. The van der Waals surface area contributed by atoms with E-state index in [9.17, 15) is 29.3 Å². The number of nitro groups is 1. The molecule has 3 amide bonds. The number of hydrogen-bond donors (Lipinski definition) is 3. The lowest BCUT2D eigenvalue weighted by atomic mass is 9.87. The van der Waals surface area contributed by atoms with E-state index in [1.165, 1.54) is 31.2 Å². The van der Waals surface area contributed by atoms with E-state index < -0.39 is 46.6 Å². The Morgan fingerprint density at radius 2 is 1.66 bits per heavy atom. The van der Waals surface area contributed by atoms with E-state index in [1.54, 1.807) is 31.2 Å². The Balaban J connectivity index is 2.36. The van der Waals surface area contributed by atoms with Crippen LogP contribution in [0.15, 0.2) is 54.6 Å². The second-order valence-corrected chi connectivity index (χ2v) is 7.80. The summed E-state index contributed by atoms with van der Waals surface area (Å²) in [4.78, 5) is 60.0. The summed E-state index contributed by atoms with van der Waals surface area (Å²) >= 11 is 0. The predicted molar refractivity (Wildman–Crippen MR) is 126 cm³/mol. The van der Waals surface area contributed by atoms with E-state index in [0.717, 1.165) is 5.56 Å². The van der Waals surface area contributed by atoms with Gasteiger partial charge in [0.1, 0.15) is 12.1 Å². The smallest absolute Gasteiger partial charge is 0.306 e. The molecule has 11 heteroatoms. The third kappa shape index (κ3) is 8.22. The standard InChI is InChI=1S/C24H28N4O7/c1-3-35-21(30)14-19(17-9-11-18(12-10-17)28(33)34)22(23(25)31)27-24(32)20(26-15(2)29)13-16-7-5-4-6-8-16/h4-12,19-20,22H,3,13-14H2,1-2H3,(H2,25,31)(H,26,29)(H,27,32)/t19-,20+,22+/m0/s1. The maximum atomic E-state index is 13.1. The molecule has 35 heavy (non-hydrogen) atoms. The van der Waals surface area contributed by atoms with Crippen LogP contribution in [0.5, 0.6) is 0 Å². The zero-order valence-corrected chi connectivity index (χ0v) is 19.4. The fourth-order valence-corrected chi connectivity index (χ4v) is 3.60. The fourth-order valence-electron chi connectivity index (χ4n) is 3.60. The third-order valence-electron chi connectivity index (χ3n) is 5.21. The number of esters is 1. The molecule has 0 heterocycles. The van der Waals surface area contributed by atoms with Gasteiger partial charge in [0.05, 0.1) is 18.0 Å². The van der Waals surface area contributed by atoms with Crippen molar-refractivity contribution in [2.24, 2.45) is 5.73 Å². The van der Waals surface area contributed by atoms with Gasteiger partial charge in [-0.15, -0.1) is 0 Å². The number of nitrogens with two attached hydrogens (primary N) is 1. The summed E-state index contributed by atoms with van der Waals surface area (Å²) in [7, 11) is 0. The highest BCUT2D eigenvalue weighted by Crippen LogP contribution is 2.27. The summed E-state index contributed by atoms with van der Waals surface area (Å²) in [6.45, 7) is 2.98. The molecule has 0 aliphatic rings. The molecule has 0 unspecified atom stereocenters. The first kappa shape index (κ1) is 27.0. The van der Waals surface area contributed by atoms with E-state index in [-0.39, 0.29) is 25.1 Å². The van der Waals surface area contributed by atoms with Crippen LogP contribution in [0.2, 0.25) is 0 Å². The number of nitro benzene ring substituents is 1. The van der Waals surface area contributed by atoms with Crippen LogP contribution < -0.4 is 16.4 Å². The van der Waals surface area contributed by atoms with Crippen molar-refractivity contribution in [2.45, 2.75) is 44.7 Å². The van der Waals surface area contributed by atoms with Gasteiger partial charge in [-0.25, -0.2) is 0 Å². The number of ether oxygens (including phenoxy) is 1. The zero-order valence-electron chi connectivity index (χ0n) is 19.4. The number of benzene rings is 2. The summed E-state index contributed by atoms with van der Waals surface area (Å²) < 4.78 is 5.00. The quantitative estimate of drug-likeness (QED) is 0.232. The number of carbonyl (C=O) groups is 4. The molecule has 0 saturated carbocycles. The van der Waals surface area contributed by atoms with Crippen LogP contribution in [0.4, 0.5) is 5.69 Å². The molecular weight excluding hydrogens is 456 g/mol. The average molecular weight is 485 g/mol. The van der Waals surface area contributed by atoms with Crippen LogP contribution in [-0.4, -0.2) is 47.3 Å². The van der Waals surface area contributed by atoms with Gasteiger partial charge in [-0.05, 0) is 18.1 Å². The van der Waals surface area contributed by atoms with Gasteiger partial charge in [-0.2, -0.15) is 0 Å². The summed E-state index contributed by atoms with van der Waals surface area (Å²) in [6.07, 6.45) is -0.166. The minimum atomic E-state index is -1.36. The van der Waals surface area contributed by atoms with E-state index >= 15 is 0 Å². The molecule has 4 N–H and O–H groups in total. The molecule has 0 spiro atoms. The van der Waals surface area contributed by atoms with Gasteiger partial charge in [0.2, 0.25) is 17.7 Å². The Kier molecular flexibility index (Phi) is 9.88. The topological polar surface area (TPSA) is 171 Å². The lowest BCUT2D eigenvalue weighted by molar-refractivity contribution is -0.384. The van der Waals surface area contributed by atoms with Crippen molar-refractivity contribution >= 4 is 29.4 Å². The maximum absolute atomic E-state index is 13.1. The Morgan fingerprint density at radius 1 is 1.03 bits per heavy atom. The second-order valence-electron chi connectivity index (χ2n) is 7.80. The molecule has 2 rings (SSSR count). The van der Waals surface area contributed by atoms with Crippen LogP contribution in [-0.2, 0) is 30.3 Å². The van der Waals surface area contributed by atoms with E-state index in [2.05, 4.69) is 10.6 Å². The van der Waals surface area contributed by atoms with Crippen molar-refractivity contribution in [2.75, 3.05) is 6.61 Å². The number of primary amides is 1. The first-order chi connectivity index (χ1) is 16.6. The average Bonchev–Trinajstić information content (AvgIpc) is 2.81. The summed E-state index contributed by atoms with van der Waals surface area (Å²) in [6, 6.07) is 11.8. The van der Waals surface area contributed by atoms with Crippen molar-refractivity contribution in [3.63, 3.8) is 0 Å². The zero-order chi connectivity index (χ0) is 26.0. The largest absolute Gasteiger partial charge is 0.466 e. The van der Waals surface area contributed by atoms with E-state index in [4.69, 9.17) is 10.5 Å². The van der Waals surface area contributed by atoms with E-state index in [0.29, 0.717) is 5.56 Å². The second kappa shape index (κ2) is 12.8. The summed E-state index contributed by atoms with van der Waals surface area (Å²) in [5, 5.41) is 16.1.